The fourth-order valence-corrected chi connectivity index (χ4v) is 2.98. The summed E-state index contributed by atoms with van der Waals surface area (Å²) in [5.74, 6) is 0.911. The molecule has 2 unspecified atom stereocenters. The monoisotopic (exact) mass is 350 g/mol. The molecular formula is C21H26N4O. The molecule has 0 saturated carbocycles. The number of allylic oxidation sites excluding steroid dienone is 1. The Morgan fingerprint density at radius 3 is 2.77 bits per heavy atom. The zero-order valence-corrected chi connectivity index (χ0v) is 15.3. The maximum absolute atomic E-state index is 6.46. The van der Waals surface area contributed by atoms with Crippen molar-refractivity contribution in [1.29, 1.82) is 0 Å². The Hall–Kier alpha value is -2.79. The SMILES string of the molecule is COc1cccc(CCC2(N)N=CC=C(NC(C)c3ccccc3)N2)c1. The molecule has 5 heteroatoms. The molecule has 26 heavy (non-hydrogen) atoms. The molecule has 0 saturated heterocycles. The van der Waals surface area contributed by atoms with E-state index in [1.165, 1.54) is 11.1 Å². The number of ether oxygens (including phenoxy) is 1. The van der Waals surface area contributed by atoms with E-state index in [-0.39, 0.29) is 6.04 Å². The summed E-state index contributed by atoms with van der Waals surface area (Å²) in [4.78, 5) is 4.44. The average molecular weight is 350 g/mol. The van der Waals surface area contributed by atoms with E-state index >= 15 is 0 Å². The van der Waals surface area contributed by atoms with Crippen molar-refractivity contribution in [3.63, 3.8) is 0 Å². The molecule has 3 rings (SSSR count). The molecule has 0 bridgehead atoms. The van der Waals surface area contributed by atoms with Gasteiger partial charge < -0.3 is 15.4 Å². The van der Waals surface area contributed by atoms with Crippen molar-refractivity contribution in [2.45, 2.75) is 31.6 Å². The van der Waals surface area contributed by atoms with E-state index in [0.717, 1.165) is 18.0 Å². The van der Waals surface area contributed by atoms with E-state index in [0.29, 0.717) is 6.42 Å². The molecule has 1 aliphatic rings. The van der Waals surface area contributed by atoms with Gasteiger partial charge in [-0.2, -0.15) is 0 Å². The number of nitrogens with two attached hydrogens (primary N) is 1. The highest BCUT2D eigenvalue weighted by atomic mass is 16.5. The van der Waals surface area contributed by atoms with Crippen LogP contribution in [0.3, 0.4) is 0 Å². The van der Waals surface area contributed by atoms with Crippen LogP contribution < -0.4 is 21.1 Å². The van der Waals surface area contributed by atoms with Gasteiger partial charge >= 0.3 is 0 Å². The fraction of sp³-hybridized carbons (Fsp3) is 0.286. The van der Waals surface area contributed by atoms with Crippen molar-refractivity contribution in [1.82, 2.24) is 10.6 Å². The van der Waals surface area contributed by atoms with Gasteiger partial charge in [0.2, 0.25) is 0 Å². The molecule has 0 amide bonds. The number of nitrogens with one attached hydrogen (secondary N) is 2. The summed E-state index contributed by atoms with van der Waals surface area (Å²) < 4.78 is 5.28. The first-order chi connectivity index (χ1) is 12.6. The van der Waals surface area contributed by atoms with Crippen molar-refractivity contribution < 1.29 is 4.74 Å². The standard InChI is InChI=1S/C21H26N4O/c1-16(18-8-4-3-5-9-18)24-20-12-14-23-21(22,25-20)13-11-17-7-6-10-19(15-17)26-2/h3-10,12,14-16,24-25H,11,13,22H2,1-2H3. The fourth-order valence-electron chi connectivity index (χ4n) is 2.98. The van der Waals surface area contributed by atoms with Gasteiger partial charge in [0, 0.05) is 18.7 Å². The van der Waals surface area contributed by atoms with Gasteiger partial charge in [-0.25, -0.2) is 0 Å². The van der Waals surface area contributed by atoms with Crippen LogP contribution in [0.5, 0.6) is 5.75 Å². The Kier molecular flexibility index (Phi) is 5.58. The van der Waals surface area contributed by atoms with Gasteiger partial charge in [0.1, 0.15) is 11.6 Å². The first kappa shape index (κ1) is 18.0. The lowest BCUT2D eigenvalue weighted by atomic mass is 10.0. The molecule has 136 valence electrons. The first-order valence-corrected chi connectivity index (χ1v) is 8.85. The summed E-state index contributed by atoms with van der Waals surface area (Å²) in [7, 11) is 1.67. The van der Waals surface area contributed by atoms with Gasteiger partial charge in [-0.3, -0.25) is 10.7 Å². The van der Waals surface area contributed by atoms with Crippen molar-refractivity contribution in [3.8, 4) is 5.75 Å². The zero-order chi connectivity index (χ0) is 18.4. The molecule has 2 aromatic rings. The van der Waals surface area contributed by atoms with Crippen molar-refractivity contribution in [2.24, 2.45) is 10.7 Å². The second-order valence-corrected chi connectivity index (χ2v) is 6.54. The van der Waals surface area contributed by atoms with Crippen LogP contribution in [0, 0.1) is 0 Å². The molecule has 0 spiro atoms. The van der Waals surface area contributed by atoms with E-state index in [1.807, 2.05) is 42.5 Å². The third-order valence-electron chi connectivity index (χ3n) is 4.50. The molecule has 0 aliphatic carbocycles. The molecule has 2 atom stereocenters. The van der Waals surface area contributed by atoms with Gasteiger partial charge in [0.05, 0.1) is 7.11 Å². The van der Waals surface area contributed by atoms with Gasteiger partial charge in [-0.05, 0) is 42.7 Å². The molecule has 1 heterocycles. The number of nitrogens with zero attached hydrogens (tertiary/aromatic N) is 1. The van der Waals surface area contributed by atoms with E-state index in [2.05, 4.69) is 40.7 Å². The lowest BCUT2D eigenvalue weighted by Crippen LogP contribution is -2.55. The summed E-state index contributed by atoms with van der Waals surface area (Å²) in [5, 5.41) is 6.79. The minimum Gasteiger partial charge on any atom is -0.497 e. The summed E-state index contributed by atoms with van der Waals surface area (Å²) in [6.07, 6.45) is 5.16. The summed E-state index contributed by atoms with van der Waals surface area (Å²) in [6.45, 7) is 2.12. The van der Waals surface area contributed by atoms with Crippen LogP contribution in [0.1, 0.15) is 30.5 Å². The van der Waals surface area contributed by atoms with E-state index in [1.54, 1.807) is 13.3 Å². The highest BCUT2D eigenvalue weighted by molar-refractivity contribution is 5.73. The molecule has 5 nitrogen and oxygen atoms in total. The maximum atomic E-state index is 6.46. The molecule has 2 aromatic carbocycles. The van der Waals surface area contributed by atoms with Crippen molar-refractivity contribution >= 4 is 6.21 Å². The van der Waals surface area contributed by atoms with E-state index < -0.39 is 5.79 Å². The number of methoxy groups -OCH3 is 1. The van der Waals surface area contributed by atoms with Crippen LogP contribution in [0.15, 0.2) is 71.5 Å². The summed E-state index contributed by atoms with van der Waals surface area (Å²) >= 11 is 0. The smallest absolute Gasteiger partial charge is 0.183 e. The molecule has 0 fully saturated rings. The van der Waals surface area contributed by atoms with Crippen LogP contribution in [0.2, 0.25) is 0 Å². The van der Waals surface area contributed by atoms with E-state index in [9.17, 15) is 0 Å². The molecule has 0 radical (unpaired) electrons. The topological polar surface area (TPSA) is 71.7 Å². The number of hydrogen-bond donors (Lipinski definition) is 3. The zero-order valence-electron chi connectivity index (χ0n) is 15.3. The second kappa shape index (κ2) is 8.06. The lowest BCUT2D eigenvalue weighted by molar-refractivity contribution is 0.338. The molecule has 0 aromatic heterocycles. The first-order valence-electron chi connectivity index (χ1n) is 8.85. The van der Waals surface area contributed by atoms with Crippen LogP contribution in [0.25, 0.3) is 0 Å². The van der Waals surface area contributed by atoms with Gasteiger partial charge in [0.25, 0.3) is 0 Å². The summed E-state index contributed by atoms with van der Waals surface area (Å²) in [5.41, 5.74) is 8.85. The predicted octanol–water partition coefficient (Wildman–Crippen LogP) is 3.11. The normalized spacial score (nSPS) is 20.0. The number of hydrogen-bond acceptors (Lipinski definition) is 5. The predicted molar refractivity (Wildman–Crippen MR) is 106 cm³/mol. The van der Waals surface area contributed by atoms with Crippen molar-refractivity contribution in [2.75, 3.05) is 7.11 Å². The number of rotatable bonds is 7. The molecule has 1 aliphatic heterocycles. The summed E-state index contributed by atoms with van der Waals surface area (Å²) in [6, 6.07) is 18.5. The van der Waals surface area contributed by atoms with Crippen LogP contribution in [0.4, 0.5) is 0 Å². The minimum absolute atomic E-state index is 0.170. The Bertz CT molecular complexity index is 788. The number of benzene rings is 2. The molecular weight excluding hydrogens is 324 g/mol. The Morgan fingerprint density at radius 2 is 2.00 bits per heavy atom. The van der Waals surface area contributed by atoms with E-state index in [4.69, 9.17) is 10.5 Å². The van der Waals surface area contributed by atoms with Gasteiger partial charge in [0.15, 0.2) is 5.79 Å². The van der Waals surface area contributed by atoms with Gasteiger partial charge in [-0.15, -0.1) is 0 Å². The lowest BCUT2D eigenvalue weighted by Gasteiger charge is -2.32. The Morgan fingerprint density at radius 1 is 1.19 bits per heavy atom. The second-order valence-electron chi connectivity index (χ2n) is 6.54. The third kappa shape index (κ3) is 4.64. The average Bonchev–Trinajstić information content (AvgIpc) is 2.67. The number of aryl methyl sites for hydroxylation is 1. The highest BCUT2D eigenvalue weighted by Gasteiger charge is 2.26. The number of aliphatic imine (C=N–C) groups is 1. The van der Waals surface area contributed by atoms with Crippen LogP contribution in [-0.4, -0.2) is 19.1 Å². The third-order valence-corrected chi connectivity index (χ3v) is 4.50. The Balaban J connectivity index is 1.59. The van der Waals surface area contributed by atoms with Crippen LogP contribution in [-0.2, 0) is 6.42 Å². The van der Waals surface area contributed by atoms with Crippen LogP contribution >= 0.6 is 0 Å². The Labute approximate surface area is 155 Å². The molecule has 4 N–H and O–H groups in total. The highest BCUT2D eigenvalue weighted by Crippen LogP contribution is 2.19. The minimum atomic E-state index is -0.823. The maximum Gasteiger partial charge on any atom is 0.183 e. The van der Waals surface area contributed by atoms with Crippen molar-refractivity contribution in [3.05, 3.63) is 77.6 Å². The van der Waals surface area contributed by atoms with Gasteiger partial charge in [-0.1, -0.05) is 42.5 Å². The quantitative estimate of drug-likeness (QED) is 0.717. The largest absolute Gasteiger partial charge is 0.497 e.